The maximum Gasteiger partial charge on any atom is 0.253 e. The Bertz CT molecular complexity index is 624. The number of amides is 4. The molecule has 1 aliphatic heterocycles. The highest BCUT2D eigenvalue weighted by Crippen LogP contribution is 2.09. The van der Waals surface area contributed by atoms with Gasteiger partial charge in [-0.3, -0.25) is 28.9 Å². The van der Waals surface area contributed by atoms with Crippen molar-refractivity contribution in [1.82, 2.24) is 15.5 Å². The van der Waals surface area contributed by atoms with E-state index in [-0.39, 0.29) is 41.8 Å². The van der Waals surface area contributed by atoms with Crippen molar-refractivity contribution in [3.8, 4) is 0 Å². The minimum atomic E-state index is -0.703. The average molecular weight is 393 g/mol. The molecule has 8 nitrogen and oxygen atoms in total. The lowest BCUT2D eigenvalue weighted by atomic mass is 10.0. The number of nitrogens with one attached hydrogen (secondary N) is 2. The van der Waals surface area contributed by atoms with Crippen LogP contribution in [-0.2, 0) is 24.0 Å². The van der Waals surface area contributed by atoms with E-state index in [1.54, 1.807) is 13.8 Å². The van der Waals surface area contributed by atoms with Crippen LogP contribution in [-0.4, -0.2) is 52.9 Å². The van der Waals surface area contributed by atoms with Gasteiger partial charge in [-0.15, -0.1) is 0 Å². The van der Waals surface area contributed by atoms with E-state index in [9.17, 15) is 24.0 Å². The van der Waals surface area contributed by atoms with E-state index >= 15 is 0 Å². The number of unbranched alkanes of at least 4 members (excludes halogenated alkanes) is 2. The molecular weight excluding hydrogens is 362 g/mol. The van der Waals surface area contributed by atoms with Gasteiger partial charge in [0.2, 0.25) is 11.8 Å². The molecule has 156 valence electrons. The van der Waals surface area contributed by atoms with Crippen LogP contribution in [0.25, 0.3) is 0 Å². The number of rotatable bonds is 12. The number of carbonyl (C=O) groups excluding carboxylic acids is 5. The molecule has 28 heavy (non-hydrogen) atoms. The summed E-state index contributed by atoms with van der Waals surface area (Å²) in [7, 11) is 0. The summed E-state index contributed by atoms with van der Waals surface area (Å²) < 4.78 is 0. The molecule has 0 aromatic carbocycles. The van der Waals surface area contributed by atoms with Gasteiger partial charge in [0.25, 0.3) is 11.8 Å². The zero-order valence-electron chi connectivity index (χ0n) is 17.1. The Labute approximate surface area is 166 Å². The van der Waals surface area contributed by atoms with Crippen molar-refractivity contribution in [3.63, 3.8) is 0 Å². The fourth-order valence-electron chi connectivity index (χ4n) is 2.85. The second kappa shape index (κ2) is 11.4. The third-order valence-electron chi connectivity index (χ3n) is 4.64. The van der Waals surface area contributed by atoms with Crippen molar-refractivity contribution in [3.05, 3.63) is 12.2 Å². The van der Waals surface area contributed by atoms with E-state index in [1.807, 2.05) is 13.8 Å². The molecule has 4 amide bonds. The van der Waals surface area contributed by atoms with Crippen LogP contribution in [0.5, 0.6) is 0 Å². The van der Waals surface area contributed by atoms with Crippen molar-refractivity contribution >= 4 is 29.4 Å². The van der Waals surface area contributed by atoms with Crippen LogP contribution in [0.2, 0.25) is 0 Å². The van der Waals surface area contributed by atoms with E-state index in [1.165, 1.54) is 17.1 Å². The fourth-order valence-corrected chi connectivity index (χ4v) is 2.85. The number of Topliss-reactive ketones (excluding diaryl/α,β-unsaturated/α-hetero) is 1. The van der Waals surface area contributed by atoms with Crippen LogP contribution in [0.1, 0.15) is 59.8 Å². The monoisotopic (exact) mass is 393 g/mol. The molecule has 0 fully saturated rings. The summed E-state index contributed by atoms with van der Waals surface area (Å²) in [5, 5.41) is 5.39. The summed E-state index contributed by atoms with van der Waals surface area (Å²) in [5.41, 5.74) is 0. The number of hydrogen-bond acceptors (Lipinski definition) is 5. The van der Waals surface area contributed by atoms with E-state index in [0.717, 1.165) is 0 Å². The van der Waals surface area contributed by atoms with Gasteiger partial charge in [-0.05, 0) is 25.7 Å². The van der Waals surface area contributed by atoms with Crippen LogP contribution in [0.3, 0.4) is 0 Å². The molecule has 1 rings (SSSR count). The molecule has 2 N–H and O–H groups in total. The molecule has 0 aromatic rings. The van der Waals surface area contributed by atoms with Crippen molar-refractivity contribution in [2.24, 2.45) is 5.92 Å². The summed E-state index contributed by atoms with van der Waals surface area (Å²) in [6, 6.07) is -1.29. The second-order valence-electron chi connectivity index (χ2n) is 7.31. The fraction of sp³-hybridized carbons (Fsp3) is 0.650. The number of ketones is 1. The zero-order valence-corrected chi connectivity index (χ0v) is 17.1. The SMILES string of the molecule is CCC(=O)[C@H](C)NC(=O)C(NC(=O)CCCCCN1C(=O)C=CC1=O)C(C)C. The first-order chi connectivity index (χ1) is 13.2. The third kappa shape index (κ3) is 7.25. The van der Waals surface area contributed by atoms with Gasteiger partial charge in [0.1, 0.15) is 6.04 Å². The molecule has 0 radical (unpaired) electrons. The van der Waals surface area contributed by atoms with Gasteiger partial charge < -0.3 is 10.6 Å². The molecule has 1 aliphatic rings. The minimum Gasteiger partial charge on any atom is -0.345 e. The minimum absolute atomic E-state index is 0.0626. The lowest BCUT2D eigenvalue weighted by Gasteiger charge is -2.23. The molecule has 8 heteroatoms. The topological polar surface area (TPSA) is 113 Å². The molecule has 0 saturated carbocycles. The van der Waals surface area contributed by atoms with Crippen LogP contribution in [0.4, 0.5) is 0 Å². The summed E-state index contributed by atoms with van der Waals surface area (Å²) in [4.78, 5) is 60.3. The average Bonchev–Trinajstić information content (AvgIpc) is 2.96. The second-order valence-corrected chi connectivity index (χ2v) is 7.31. The maximum atomic E-state index is 12.4. The quantitative estimate of drug-likeness (QED) is 0.381. The molecular formula is C20H31N3O5. The summed E-state index contributed by atoms with van der Waals surface area (Å²) >= 11 is 0. The van der Waals surface area contributed by atoms with E-state index < -0.39 is 12.1 Å². The normalized spacial score (nSPS) is 15.7. The predicted octanol–water partition coefficient (Wildman–Crippen LogP) is 1.10. The maximum absolute atomic E-state index is 12.4. The Morgan fingerprint density at radius 3 is 2.11 bits per heavy atom. The first-order valence-corrected chi connectivity index (χ1v) is 9.83. The lowest BCUT2D eigenvalue weighted by Crippen LogP contribution is -2.52. The summed E-state index contributed by atoms with van der Waals surface area (Å²) in [6.07, 6.45) is 4.99. The number of imide groups is 1. The van der Waals surface area contributed by atoms with Crippen molar-refractivity contribution in [2.75, 3.05) is 6.54 Å². The van der Waals surface area contributed by atoms with Crippen LogP contribution >= 0.6 is 0 Å². The Morgan fingerprint density at radius 2 is 1.57 bits per heavy atom. The Kier molecular flexibility index (Phi) is 9.55. The van der Waals surface area contributed by atoms with Crippen LogP contribution in [0.15, 0.2) is 12.2 Å². The number of hydrogen-bond donors (Lipinski definition) is 2. The summed E-state index contributed by atoms with van der Waals surface area (Å²) in [6.45, 7) is 7.36. The highest BCUT2D eigenvalue weighted by atomic mass is 16.2. The zero-order chi connectivity index (χ0) is 21.3. The molecule has 1 heterocycles. The van der Waals surface area contributed by atoms with E-state index in [0.29, 0.717) is 32.2 Å². The van der Waals surface area contributed by atoms with Crippen LogP contribution in [0, 0.1) is 5.92 Å². The Hall–Kier alpha value is -2.51. The van der Waals surface area contributed by atoms with Gasteiger partial charge in [0.05, 0.1) is 6.04 Å². The molecule has 0 aliphatic carbocycles. The Morgan fingerprint density at radius 1 is 0.964 bits per heavy atom. The number of nitrogens with zero attached hydrogens (tertiary/aromatic N) is 1. The highest BCUT2D eigenvalue weighted by Gasteiger charge is 2.26. The molecule has 1 unspecified atom stereocenters. The van der Waals surface area contributed by atoms with Gasteiger partial charge in [-0.1, -0.05) is 27.2 Å². The van der Waals surface area contributed by atoms with E-state index in [2.05, 4.69) is 10.6 Å². The largest absolute Gasteiger partial charge is 0.345 e. The standard InChI is InChI=1S/C20H31N3O5/c1-5-15(24)14(4)21-20(28)19(13(2)3)22-16(25)9-7-6-8-12-23-17(26)10-11-18(23)27/h10-11,13-14,19H,5-9,12H2,1-4H3,(H,21,28)(H,22,25)/t14-,19?/m0/s1. The van der Waals surface area contributed by atoms with Crippen molar-refractivity contribution < 1.29 is 24.0 Å². The molecule has 0 aromatic heterocycles. The number of carbonyl (C=O) groups is 5. The Balaban J connectivity index is 2.35. The predicted molar refractivity (Wildman–Crippen MR) is 104 cm³/mol. The van der Waals surface area contributed by atoms with Crippen molar-refractivity contribution in [1.29, 1.82) is 0 Å². The van der Waals surface area contributed by atoms with Gasteiger partial charge in [-0.2, -0.15) is 0 Å². The molecule has 2 atom stereocenters. The smallest absolute Gasteiger partial charge is 0.253 e. The van der Waals surface area contributed by atoms with Gasteiger partial charge in [0.15, 0.2) is 5.78 Å². The first-order valence-electron chi connectivity index (χ1n) is 9.83. The molecule has 0 spiro atoms. The lowest BCUT2D eigenvalue weighted by molar-refractivity contribution is -0.137. The molecule has 0 bridgehead atoms. The van der Waals surface area contributed by atoms with Gasteiger partial charge in [-0.25, -0.2) is 0 Å². The van der Waals surface area contributed by atoms with Gasteiger partial charge in [0, 0.05) is 31.5 Å². The summed E-state index contributed by atoms with van der Waals surface area (Å²) in [5.74, 6) is -1.39. The third-order valence-corrected chi connectivity index (χ3v) is 4.64. The highest BCUT2D eigenvalue weighted by molar-refractivity contribution is 6.12. The van der Waals surface area contributed by atoms with Crippen molar-refractivity contribution in [2.45, 2.75) is 71.9 Å². The first kappa shape index (κ1) is 23.5. The van der Waals surface area contributed by atoms with Gasteiger partial charge >= 0.3 is 0 Å². The van der Waals surface area contributed by atoms with Crippen LogP contribution < -0.4 is 10.6 Å². The molecule has 0 saturated heterocycles. The van der Waals surface area contributed by atoms with E-state index in [4.69, 9.17) is 0 Å².